The number of rotatable bonds is 9. The number of halogens is 2. The molecule has 0 saturated carbocycles. The van der Waals surface area contributed by atoms with Gasteiger partial charge in [0, 0.05) is 29.4 Å². The van der Waals surface area contributed by atoms with Crippen molar-refractivity contribution in [1.29, 1.82) is 0 Å². The van der Waals surface area contributed by atoms with Crippen LogP contribution in [0.2, 0.25) is 5.02 Å². The normalized spacial score (nSPS) is 11.7. The number of carbonyl (C=O) groups excluding carboxylic acids is 1. The summed E-state index contributed by atoms with van der Waals surface area (Å²) < 4.78 is 40.4. The molecule has 1 N–H and O–H groups in total. The van der Waals surface area contributed by atoms with Crippen LogP contribution in [0.1, 0.15) is 13.8 Å². The second-order valence-corrected chi connectivity index (χ2v) is 11.3. The lowest BCUT2D eigenvalue weighted by atomic mass is 10.1. The smallest absolute Gasteiger partial charge is 0.243 e. The average Bonchev–Trinajstić information content (AvgIpc) is 2.89. The maximum Gasteiger partial charge on any atom is 0.243 e. The van der Waals surface area contributed by atoms with E-state index in [4.69, 9.17) is 11.6 Å². The molecule has 0 bridgehead atoms. The molecule has 0 fully saturated rings. The molecule has 0 unspecified atom stereocenters. The van der Waals surface area contributed by atoms with Gasteiger partial charge < -0.3 is 5.32 Å². The molecule has 1 amide bonds. The Hall–Kier alpha value is -3.05. The van der Waals surface area contributed by atoms with Gasteiger partial charge >= 0.3 is 0 Å². The fraction of sp³-hybridized carbons (Fsp3) is 0.192. The van der Waals surface area contributed by atoms with Crippen LogP contribution in [0.4, 0.5) is 10.1 Å². The quantitative estimate of drug-likeness (QED) is 0.259. The van der Waals surface area contributed by atoms with Crippen LogP contribution in [0.25, 0.3) is 22.0 Å². The monoisotopic (exact) mass is 558 g/mol. The van der Waals surface area contributed by atoms with Crippen LogP contribution in [0, 0.1) is 5.82 Å². The number of nitrogens with one attached hydrogen (secondary N) is 1. The van der Waals surface area contributed by atoms with Crippen LogP contribution in [0.5, 0.6) is 0 Å². The lowest BCUT2D eigenvalue weighted by Gasteiger charge is -2.19. The molecule has 4 rings (SSSR count). The summed E-state index contributed by atoms with van der Waals surface area (Å²) in [7, 11) is -3.71. The van der Waals surface area contributed by atoms with Crippen molar-refractivity contribution in [3.63, 3.8) is 0 Å². The third-order valence-corrected chi connectivity index (χ3v) is 9.02. The Kier molecular flexibility index (Phi) is 8.43. The summed E-state index contributed by atoms with van der Waals surface area (Å²) in [5.41, 5.74) is 1.55. The molecule has 3 aromatic carbocycles. The van der Waals surface area contributed by atoms with E-state index in [1.54, 1.807) is 26.0 Å². The summed E-state index contributed by atoms with van der Waals surface area (Å²) in [6.07, 6.45) is 0. The number of carbonyl (C=O) groups is 1. The number of nitrogens with zero attached hydrogens (tertiary/aromatic N) is 3. The largest absolute Gasteiger partial charge is 0.324 e. The molecule has 192 valence electrons. The molecule has 37 heavy (non-hydrogen) atoms. The van der Waals surface area contributed by atoms with Gasteiger partial charge in [0.15, 0.2) is 0 Å². The zero-order valence-electron chi connectivity index (χ0n) is 20.1. The van der Waals surface area contributed by atoms with Gasteiger partial charge in [-0.25, -0.2) is 12.8 Å². The van der Waals surface area contributed by atoms with Gasteiger partial charge in [0.05, 0.1) is 21.4 Å². The molecule has 1 aromatic heterocycles. The van der Waals surface area contributed by atoms with Gasteiger partial charge in [-0.05, 0) is 42.5 Å². The topological polar surface area (TPSA) is 92.3 Å². The predicted molar refractivity (Wildman–Crippen MR) is 146 cm³/mol. The van der Waals surface area contributed by atoms with Crippen LogP contribution in [-0.2, 0) is 14.8 Å². The third-order valence-electron chi connectivity index (χ3n) is 5.67. The maximum absolute atomic E-state index is 13.4. The first-order valence-electron chi connectivity index (χ1n) is 11.5. The fourth-order valence-corrected chi connectivity index (χ4v) is 6.22. The highest BCUT2D eigenvalue weighted by molar-refractivity contribution is 8.00. The van der Waals surface area contributed by atoms with E-state index >= 15 is 0 Å². The minimum atomic E-state index is -3.71. The summed E-state index contributed by atoms with van der Waals surface area (Å²) in [5.74, 6) is -0.717. The van der Waals surface area contributed by atoms with Crippen molar-refractivity contribution in [1.82, 2.24) is 14.5 Å². The van der Waals surface area contributed by atoms with E-state index in [0.717, 1.165) is 16.3 Å². The number of hydrogen-bond acceptors (Lipinski definition) is 6. The van der Waals surface area contributed by atoms with Gasteiger partial charge in [-0.15, -0.1) is 10.2 Å². The second-order valence-electron chi connectivity index (χ2n) is 7.97. The Morgan fingerprint density at radius 1 is 1.00 bits per heavy atom. The van der Waals surface area contributed by atoms with Gasteiger partial charge in [0.1, 0.15) is 16.5 Å². The Bertz CT molecular complexity index is 1550. The number of amides is 1. The van der Waals surface area contributed by atoms with Crippen molar-refractivity contribution in [2.45, 2.75) is 23.8 Å². The van der Waals surface area contributed by atoms with E-state index in [2.05, 4.69) is 15.5 Å². The molecule has 11 heteroatoms. The summed E-state index contributed by atoms with van der Waals surface area (Å²) in [6.45, 7) is 4.18. The van der Waals surface area contributed by atoms with E-state index in [0.29, 0.717) is 23.8 Å². The molecule has 0 spiro atoms. The Morgan fingerprint density at radius 2 is 1.68 bits per heavy atom. The van der Waals surface area contributed by atoms with Gasteiger partial charge in [0.2, 0.25) is 15.9 Å². The number of anilines is 1. The van der Waals surface area contributed by atoms with Crippen molar-refractivity contribution in [3.8, 4) is 11.3 Å². The highest BCUT2D eigenvalue weighted by Gasteiger charge is 2.23. The number of hydrogen-bond donors (Lipinski definition) is 1. The number of aromatic nitrogens is 2. The van der Waals surface area contributed by atoms with Gasteiger partial charge in [-0.2, -0.15) is 4.31 Å². The van der Waals surface area contributed by atoms with Crippen LogP contribution in [0.3, 0.4) is 0 Å². The summed E-state index contributed by atoms with van der Waals surface area (Å²) in [5, 5.41) is 13.8. The highest BCUT2D eigenvalue weighted by atomic mass is 35.5. The summed E-state index contributed by atoms with van der Waals surface area (Å²) >= 11 is 7.44. The first-order valence-corrected chi connectivity index (χ1v) is 14.3. The number of sulfonamides is 1. The van der Waals surface area contributed by atoms with Crippen LogP contribution < -0.4 is 5.32 Å². The van der Waals surface area contributed by atoms with Crippen LogP contribution >= 0.6 is 23.4 Å². The second kappa shape index (κ2) is 11.6. The molecule has 0 saturated heterocycles. The first kappa shape index (κ1) is 27.0. The van der Waals surface area contributed by atoms with E-state index in [9.17, 15) is 17.6 Å². The van der Waals surface area contributed by atoms with Crippen molar-refractivity contribution >= 4 is 55.8 Å². The molecule has 0 radical (unpaired) electrons. The minimum Gasteiger partial charge on any atom is -0.324 e. The fourth-order valence-electron chi connectivity index (χ4n) is 3.80. The highest BCUT2D eigenvalue weighted by Crippen LogP contribution is 2.32. The summed E-state index contributed by atoms with van der Waals surface area (Å²) in [4.78, 5) is 12.8. The van der Waals surface area contributed by atoms with Crippen LogP contribution in [0.15, 0.2) is 76.7 Å². The minimum absolute atomic E-state index is 0.00206. The van der Waals surface area contributed by atoms with E-state index in [1.807, 2.05) is 24.3 Å². The van der Waals surface area contributed by atoms with Gasteiger partial charge in [0.25, 0.3) is 0 Å². The van der Waals surface area contributed by atoms with E-state index in [1.165, 1.54) is 46.4 Å². The SMILES string of the molecule is CCN(CC)S(=O)(=O)c1ccc(Cl)c(NC(=O)CSc2nnc(-c3ccc(F)cc3)c3ccccc23)c1. The van der Waals surface area contributed by atoms with Gasteiger partial charge in [-0.3, -0.25) is 4.79 Å². The van der Waals surface area contributed by atoms with Crippen molar-refractivity contribution in [2.24, 2.45) is 0 Å². The van der Waals surface area contributed by atoms with Gasteiger partial charge in [-0.1, -0.05) is 61.5 Å². The standard InChI is InChI=1S/C26H24ClFN4O3S2/c1-3-32(4-2)37(34,35)19-13-14-22(27)23(15-19)29-24(33)16-36-26-21-8-6-5-7-20(21)25(30-31-26)17-9-11-18(28)12-10-17/h5-15H,3-4,16H2,1-2H3,(H,29,33). The van der Waals surface area contributed by atoms with Crippen molar-refractivity contribution < 1.29 is 17.6 Å². The molecule has 1 heterocycles. The Labute approximate surface area is 224 Å². The van der Waals surface area contributed by atoms with E-state index in [-0.39, 0.29) is 33.1 Å². The number of fused-ring (bicyclic) bond motifs is 1. The zero-order chi connectivity index (χ0) is 26.6. The first-order chi connectivity index (χ1) is 17.7. The number of benzene rings is 3. The average molecular weight is 559 g/mol. The molecule has 7 nitrogen and oxygen atoms in total. The third kappa shape index (κ3) is 5.93. The summed E-state index contributed by atoms with van der Waals surface area (Å²) in [6, 6.07) is 17.8. The lowest BCUT2D eigenvalue weighted by molar-refractivity contribution is -0.113. The zero-order valence-corrected chi connectivity index (χ0v) is 22.5. The molecule has 0 aliphatic heterocycles. The number of thioether (sulfide) groups is 1. The Balaban J connectivity index is 1.53. The van der Waals surface area contributed by atoms with Crippen LogP contribution in [-0.4, -0.2) is 47.7 Å². The van der Waals surface area contributed by atoms with Crippen molar-refractivity contribution in [2.75, 3.05) is 24.2 Å². The molecule has 0 atom stereocenters. The molecule has 4 aromatic rings. The predicted octanol–water partition coefficient (Wildman–Crippen LogP) is 5.85. The van der Waals surface area contributed by atoms with Crippen molar-refractivity contribution in [3.05, 3.63) is 77.6 Å². The molecule has 0 aliphatic carbocycles. The maximum atomic E-state index is 13.4. The molecular weight excluding hydrogens is 535 g/mol. The van der Waals surface area contributed by atoms with E-state index < -0.39 is 10.0 Å². The lowest BCUT2D eigenvalue weighted by Crippen LogP contribution is -2.30. The molecule has 0 aliphatic rings. The Morgan fingerprint density at radius 3 is 2.35 bits per heavy atom. The molecular formula is C26H24ClFN4O3S2.